The van der Waals surface area contributed by atoms with Crippen LogP contribution in [-0.4, -0.2) is 23.9 Å². The molecule has 1 amide bonds. The predicted octanol–water partition coefficient (Wildman–Crippen LogP) is 6.84. The summed E-state index contributed by atoms with van der Waals surface area (Å²) in [6.45, 7) is 1.74. The van der Waals surface area contributed by atoms with Crippen LogP contribution in [0.3, 0.4) is 0 Å². The van der Waals surface area contributed by atoms with E-state index in [0.717, 1.165) is 49.2 Å². The van der Waals surface area contributed by atoms with Crippen molar-refractivity contribution in [1.82, 2.24) is 4.90 Å². The molecule has 2 heterocycles. The molecule has 0 aromatic heterocycles. The second kappa shape index (κ2) is 8.28. The van der Waals surface area contributed by atoms with Gasteiger partial charge in [-0.05, 0) is 61.1 Å². The third-order valence-corrected chi connectivity index (χ3v) is 7.47. The lowest BCUT2D eigenvalue weighted by atomic mass is 9.76. The van der Waals surface area contributed by atoms with E-state index in [4.69, 9.17) is 23.2 Å². The Morgan fingerprint density at radius 1 is 1.00 bits per heavy atom. The molecule has 0 saturated carbocycles. The summed E-state index contributed by atoms with van der Waals surface area (Å²) >= 11 is 13.1. The molecule has 3 nitrogen and oxygen atoms in total. The van der Waals surface area contributed by atoms with Gasteiger partial charge in [-0.2, -0.15) is 0 Å². The summed E-state index contributed by atoms with van der Waals surface area (Å²) in [6.07, 6.45) is 10.1. The fourth-order valence-electron chi connectivity index (χ4n) is 5.28. The molecular formula is C25H26Cl2N2O. The van der Waals surface area contributed by atoms with Crippen LogP contribution in [0.15, 0.2) is 48.6 Å². The molecule has 3 atom stereocenters. The zero-order valence-electron chi connectivity index (χ0n) is 16.9. The van der Waals surface area contributed by atoms with Crippen LogP contribution in [0.5, 0.6) is 0 Å². The third-order valence-electron chi connectivity index (χ3n) is 6.81. The van der Waals surface area contributed by atoms with Crippen LogP contribution in [0.25, 0.3) is 0 Å². The molecule has 3 unspecified atom stereocenters. The second-order valence-electron chi connectivity index (χ2n) is 8.62. The molecule has 1 aliphatic carbocycles. The number of carbonyl (C=O) groups excluding carboxylic acids is 1. The van der Waals surface area contributed by atoms with Gasteiger partial charge in [-0.3, -0.25) is 4.79 Å². The van der Waals surface area contributed by atoms with Crippen molar-refractivity contribution in [1.29, 1.82) is 0 Å². The fourth-order valence-corrected chi connectivity index (χ4v) is 5.91. The molecule has 1 fully saturated rings. The molecule has 0 radical (unpaired) electrons. The van der Waals surface area contributed by atoms with Crippen LogP contribution in [0.4, 0.5) is 5.69 Å². The molecule has 3 aliphatic rings. The SMILES string of the molecule is O=C(c1ccc2c(c1)C1C=CCC1C(c1c(Cl)cccc1Cl)N2)N1CCCCCC1. The van der Waals surface area contributed by atoms with E-state index in [2.05, 4.69) is 29.6 Å². The first kappa shape index (κ1) is 20.0. The number of hydrogen-bond donors (Lipinski definition) is 1. The van der Waals surface area contributed by atoms with Crippen LogP contribution in [0, 0.1) is 5.92 Å². The topological polar surface area (TPSA) is 32.3 Å². The Morgan fingerprint density at radius 2 is 1.73 bits per heavy atom. The maximum atomic E-state index is 13.2. The number of fused-ring (bicyclic) bond motifs is 3. The molecule has 1 saturated heterocycles. The lowest BCUT2D eigenvalue weighted by molar-refractivity contribution is 0.0761. The first-order valence-electron chi connectivity index (χ1n) is 10.9. The van der Waals surface area contributed by atoms with Crippen molar-refractivity contribution in [3.8, 4) is 0 Å². The van der Waals surface area contributed by atoms with Gasteiger partial charge >= 0.3 is 0 Å². The van der Waals surface area contributed by atoms with Crippen molar-refractivity contribution < 1.29 is 4.79 Å². The Balaban J connectivity index is 1.49. The Morgan fingerprint density at radius 3 is 2.47 bits per heavy atom. The van der Waals surface area contributed by atoms with E-state index in [-0.39, 0.29) is 17.9 Å². The quantitative estimate of drug-likeness (QED) is 0.518. The Kier molecular flexibility index (Phi) is 5.51. The van der Waals surface area contributed by atoms with Gasteiger partial charge in [0.25, 0.3) is 5.91 Å². The van der Waals surface area contributed by atoms with Gasteiger partial charge in [0.2, 0.25) is 0 Å². The Labute approximate surface area is 188 Å². The van der Waals surface area contributed by atoms with E-state index < -0.39 is 0 Å². The molecule has 0 spiro atoms. The minimum atomic E-state index is 0.0471. The lowest BCUT2D eigenvalue weighted by Crippen LogP contribution is -2.33. The monoisotopic (exact) mass is 440 g/mol. The molecule has 5 rings (SSSR count). The molecule has 5 heteroatoms. The van der Waals surface area contributed by atoms with Crippen molar-refractivity contribution in [2.24, 2.45) is 5.92 Å². The van der Waals surface area contributed by atoms with E-state index in [1.165, 1.54) is 18.4 Å². The Bertz CT molecular complexity index is 974. The highest BCUT2D eigenvalue weighted by Gasteiger charge is 2.39. The van der Waals surface area contributed by atoms with Gasteiger partial charge < -0.3 is 10.2 Å². The van der Waals surface area contributed by atoms with Crippen LogP contribution in [-0.2, 0) is 0 Å². The number of carbonyl (C=O) groups is 1. The van der Waals surface area contributed by atoms with Gasteiger partial charge in [0, 0.05) is 45.9 Å². The Hall–Kier alpha value is -1.97. The molecule has 2 aromatic rings. The summed E-state index contributed by atoms with van der Waals surface area (Å²) in [5.41, 5.74) is 4.03. The average Bonchev–Trinajstić information content (AvgIpc) is 3.09. The largest absolute Gasteiger partial charge is 0.378 e. The van der Waals surface area contributed by atoms with Gasteiger partial charge in [-0.15, -0.1) is 0 Å². The summed E-state index contributed by atoms with van der Waals surface area (Å²) in [6, 6.07) is 11.9. The molecule has 2 aromatic carbocycles. The van der Waals surface area contributed by atoms with Crippen molar-refractivity contribution in [2.75, 3.05) is 18.4 Å². The van der Waals surface area contributed by atoms with Gasteiger partial charge in [0.1, 0.15) is 0 Å². The summed E-state index contributed by atoms with van der Waals surface area (Å²) in [5.74, 6) is 0.753. The average molecular weight is 441 g/mol. The van der Waals surface area contributed by atoms with E-state index in [1.54, 1.807) is 0 Å². The highest BCUT2D eigenvalue weighted by atomic mass is 35.5. The number of nitrogens with zero attached hydrogens (tertiary/aromatic N) is 1. The number of benzene rings is 2. The lowest BCUT2D eigenvalue weighted by Gasteiger charge is -2.38. The van der Waals surface area contributed by atoms with Gasteiger partial charge in [-0.25, -0.2) is 0 Å². The zero-order valence-corrected chi connectivity index (χ0v) is 18.4. The van der Waals surface area contributed by atoms with E-state index >= 15 is 0 Å². The maximum absolute atomic E-state index is 13.2. The molecule has 0 bridgehead atoms. The van der Waals surface area contributed by atoms with Crippen molar-refractivity contribution in [3.63, 3.8) is 0 Å². The van der Waals surface area contributed by atoms with E-state index in [9.17, 15) is 4.79 Å². The van der Waals surface area contributed by atoms with Gasteiger partial charge in [0.05, 0.1) is 6.04 Å². The molecular weight excluding hydrogens is 415 g/mol. The van der Waals surface area contributed by atoms with E-state index in [1.807, 2.05) is 29.2 Å². The predicted molar refractivity (Wildman–Crippen MR) is 124 cm³/mol. The van der Waals surface area contributed by atoms with Crippen LogP contribution >= 0.6 is 23.2 Å². The summed E-state index contributed by atoms with van der Waals surface area (Å²) in [7, 11) is 0. The van der Waals surface area contributed by atoms with Crippen molar-refractivity contribution >= 4 is 34.8 Å². The molecule has 1 N–H and O–H groups in total. The van der Waals surface area contributed by atoms with Crippen LogP contribution in [0.2, 0.25) is 10.0 Å². The van der Waals surface area contributed by atoms with E-state index in [0.29, 0.717) is 16.0 Å². The van der Waals surface area contributed by atoms with Gasteiger partial charge in [-0.1, -0.05) is 54.3 Å². The highest BCUT2D eigenvalue weighted by molar-refractivity contribution is 6.36. The van der Waals surface area contributed by atoms with Crippen molar-refractivity contribution in [2.45, 2.75) is 44.1 Å². The molecule has 30 heavy (non-hydrogen) atoms. The number of hydrogen-bond acceptors (Lipinski definition) is 2. The number of halogens is 2. The first-order chi connectivity index (χ1) is 14.6. The molecule has 156 valence electrons. The number of allylic oxidation sites excluding steroid dienone is 2. The van der Waals surface area contributed by atoms with Crippen LogP contribution < -0.4 is 5.32 Å². The zero-order chi connectivity index (χ0) is 20.7. The van der Waals surface area contributed by atoms with Crippen LogP contribution in [0.1, 0.15) is 65.5 Å². The highest BCUT2D eigenvalue weighted by Crippen LogP contribution is 2.52. The normalized spacial score (nSPS) is 25.3. The summed E-state index contributed by atoms with van der Waals surface area (Å²) < 4.78 is 0. The summed E-state index contributed by atoms with van der Waals surface area (Å²) in [4.78, 5) is 15.2. The van der Waals surface area contributed by atoms with Gasteiger partial charge in [0.15, 0.2) is 0 Å². The smallest absolute Gasteiger partial charge is 0.253 e. The number of amides is 1. The summed E-state index contributed by atoms with van der Waals surface area (Å²) in [5, 5.41) is 5.08. The maximum Gasteiger partial charge on any atom is 0.253 e. The number of rotatable bonds is 2. The minimum Gasteiger partial charge on any atom is -0.378 e. The standard InChI is InChI=1S/C25H26Cl2N2O/c26-20-9-6-10-21(27)23(20)24-18-8-5-7-17(18)19-15-16(11-12-22(19)28-24)25(30)29-13-3-1-2-4-14-29/h5-7,9-12,15,17-18,24,28H,1-4,8,13-14H2. The molecule has 2 aliphatic heterocycles. The van der Waals surface area contributed by atoms with Crippen molar-refractivity contribution in [3.05, 3.63) is 75.3 Å². The minimum absolute atomic E-state index is 0.0471. The number of likely N-dealkylation sites (tertiary alicyclic amines) is 1. The number of nitrogens with one attached hydrogen (secondary N) is 1. The third kappa shape index (κ3) is 3.52. The first-order valence-corrected chi connectivity index (χ1v) is 11.7. The number of anilines is 1. The second-order valence-corrected chi connectivity index (χ2v) is 9.43. The fraction of sp³-hybridized carbons (Fsp3) is 0.400.